The highest BCUT2D eigenvalue weighted by Gasteiger charge is 2.22. The van der Waals surface area contributed by atoms with Crippen LogP contribution in [0.2, 0.25) is 5.02 Å². The molecule has 0 fully saturated rings. The zero-order valence-corrected chi connectivity index (χ0v) is 13.7. The van der Waals surface area contributed by atoms with Crippen LogP contribution >= 0.6 is 11.6 Å². The molecule has 0 unspecified atom stereocenters. The van der Waals surface area contributed by atoms with Gasteiger partial charge in [-0.15, -0.1) is 0 Å². The quantitative estimate of drug-likeness (QED) is 0.849. The second-order valence-electron chi connectivity index (χ2n) is 5.54. The highest BCUT2D eigenvalue weighted by Crippen LogP contribution is 2.16. The van der Waals surface area contributed by atoms with Gasteiger partial charge in [0.1, 0.15) is 12.2 Å². The minimum absolute atomic E-state index is 0.173. The van der Waals surface area contributed by atoms with Crippen molar-refractivity contribution in [2.75, 3.05) is 6.54 Å². The summed E-state index contributed by atoms with van der Waals surface area (Å²) in [5, 5.41) is 16.4. The van der Waals surface area contributed by atoms with Gasteiger partial charge in [0.2, 0.25) is 0 Å². The van der Waals surface area contributed by atoms with Crippen molar-refractivity contribution >= 4 is 23.5 Å². The topological polar surface area (TPSA) is 86.3 Å². The molecule has 0 saturated heterocycles. The molecule has 1 aromatic heterocycles. The number of carbonyl (C=O) groups excluding carboxylic acids is 1. The van der Waals surface area contributed by atoms with E-state index in [1.165, 1.54) is 4.90 Å². The summed E-state index contributed by atoms with van der Waals surface area (Å²) in [6, 6.07) is 8.57. The summed E-state index contributed by atoms with van der Waals surface area (Å²) < 4.78 is 0. The SMILES string of the molecule is CC(C)c1cc(C(=O)N(CC(=O)O)Cc2ccc(Cl)cc2)n[nH]1. The van der Waals surface area contributed by atoms with Gasteiger partial charge in [0.05, 0.1) is 0 Å². The van der Waals surface area contributed by atoms with E-state index in [1.807, 2.05) is 13.8 Å². The van der Waals surface area contributed by atoms with Crippen LogP contribution < -0.4 is 0 Å². The van der Waals surface area contributed by atoms with Crippen LogP contribution in [0.25, 0.3) is 0 Å². The van der Waals surface area contributed by atoms with Gasteiger partial charge >= 0.3 is 5.97 Å². The van der Waals surface area contributed by atoms with Gasteiger partial charge in [0.15, 0.2) is 0 Å². The lowest BCUT2D eigenvalue weighted by Crippen LogP contribution is -2.35. The molecule has 0 aliphatic rings. The number of aromatic amines is 1. The third-order valence-electron chi connectivity index (χ3n) is 3.34. The average Bonchev–Trinajstić information content (AvgIpc) is 2.97. The Balaban J connectivity index is 2.20. The predicted octanol–water partition coefficient (Wildman–Crippen LogP) is 2.91. The molecule has 0 atom stereocenters. The average molecular weight is 336 g/mol. The highest BCUT2D eigenvalue weighted by atomic mass is 35.5. The molecule has 2 aromatic rings. The number of aliphatic carboxylic acids is 1. The van der Waals surface area contributed by atoms with E-state index in [4.69, 9.17) is 16.7 Å². The second kappa shape index (κ2) is 7.28. The lowest BCUT2D eigenvalue weighted by molar-refractivity contribution is -0.137. The number of amides is 1. The fraction of sp³-hybridized carbons (Fsp3) is 0.312. The first-order chi connectivity index (χ1) is 10.9. The Morgan fingerprint density at radius 3 is 2.48 bits per heavy atom. The zero-order valence-electron chi connectivity index (χ0n) is 12.9. The Hall–Kier alpha value is -2.34. The smallest absolute Gasteiger partial charge is 0.323 e. The molecular formula is C16H18ClN3O3. The molecular weight excluding hydrogens is 318 g/mol. The van der Waals surface area contributed by atoms with Crippen LogP contribution in [0, 0.1) is 0 Å². The predicted molar refractivity (Wildman–Crippen MR) is 86.5 cm³/mol. The Labute approximate surface area is 139 Å². The molecule has 0 aliphatic carbocycles. The molecule has 7 heteroatoms. The number of rotatable bonds is 6. The summed E-state index contributed by atoms with van der Waals surface area (Å²) in [5.74, 6) is -1.30. The fourth-order valence-electron chi connectivity index (χ4n) is 2.08. The Morgan fingerprint density at radius 2 is 1.96 bits per heavy atom. The maximum absolute atomic E-state index is 12.5. The maximum Gasteiger partial charge on any atom is 0.323 e. The lowest BCUT2D eigenvalue weighted by Gasteiger charge is -2.19. The summed E-state index contributed by atoms with van der Waals surface area (Å²) in [4.78, 5) is 24.8. The number of carbonyl (C=O) groups is 2. The minimum Gasteiger partial charge on any atom is -0.480 e. The molecule has 1 heterocycles. The third-order valence-corrected chi connectivity index (χ3v) is 3.59. The number of hydrogen-bond donors (Lipinski definition) is 2. The minimum atomic E-state index is -1.08. The number of H-pyrrole nitrogens is 1. The van der Waals surface area contributed by atoms with Gasteiger partial charge < -0.3 is 10.0 Å². The maximum atomic E-state index is 12.5. The second-order valence-corrected chi connectivity index (χ2v) is 5.98. The number of carboxylic acid groups (broad SMARTS) is 1. The third kappa shape index (κ3) is 4.56. The van der Waals surface area contributed by atoms with E-state index in [0.717, 1.165) is 11.3 Å². The summed E-state index contributed by atoms with van der Waals surface area (Å²) in [6.07, 6.45) is 0. The monoisotopic (exact) mass is 335 g/mol. The zero-order chi connectivity index (χ0) is 17.0. The molecule has 0 radical (unpaired) electrons. The van der Waals surface area contributed by atoms with Crippen LogP contribution in [0.15, 0.2) is 30.3 Å². The van der Waals surface area contributed by atoms with Crippen molar-refractivity contribution in [1.82, 2.24) is 15.1 Å². The van der Waals surface area contributed by atoms with Gasteiger partial charge in [-0.05, 0) is 29.7 Å². The summed E-state index contributed by atoms with van der Waals surface area (Å²) >= 11 is 5.83. The Kier molecular flexibility index (Phi) is 5.39. The van der Waals surface area contributed by atoms with Crippen LogP contribution in [0.5, 0.6) is 0 Å². The van der Waals surface area contributed by atoms with Crippen LogP contribution in [-0.4, -0.2) is 38.6 Å². The number of aromatic nitrogens is 2. The van der Waals surface area contributed by atoms with Gasteiger partial charge in [0.25, 0.3) is 5.91 Å². The number of halogens is 1. The molecule has 122 valence electrons. The van der Waals surface area contributed by atoms with Gasteiger partial charge in [-0.3, -0.25) is 14.7 Å². The van der Waals surface area contributed by atoms with Crippen LogP contribution in [0.3, 0.4) is 0 Å². The van der Waals surface area contributed by atoms with E-state index in [9.17, 15) is 9.59 Å². The molecule has 0 bridgehead atoms. The fourth-order valence-corrected chi connectivity index (χ4v) is 2.20. The Morgan fingerprint density at radius 1 is 1.30 bits per heavy atom. The summed E-state index contributed by atoms with van der Waals surface area (Å²) in [6.45, 7) is 3.73. The largest absolute Gasteiger partial charge is 0.480 e. The van der Waals surface area contributed by atoms with E-state index >= 15 is 0 Å². The van der Waals surface area contributed by atoms with Crippen molar-refractivity contribution in [3.05, 3.63) is 52.3 Å². The van der Waals surface area contributed by atoms with Crippen LogP contribution in [0.4, 0.5) is 0 Å². The van der Waals surface area contributed by atoms with E-state index in [2.05, 4.69) is 10.2 Å². The van der Waals surface area contributed by atoms with Crippen LogP contribution in [0.1, 0.15) is 41.5 Å². The summed E-state index contributed by atoms with van der Waals surface area (Å²) in [7, 11) is 0. The lowest BCUT2D eigenvalue weighted by atomic mass is 10.1. The van der Waals surface area contributed by atoms with Gasteiger partial charge in [0, 0.05) is 17.3 Å². The van der Waals surface area contributed by atoms with E-state index in [0.29, 0.717) is 5.02 Å². The van der Waals surface area contributed by atoms with Crippen molar-refractivity contribution in [2.24, 2.45) is 0 Å². The number of nitrogens with zero attached hydrogens (tertiary/aromatic N) is 2. The molecule has 0 spiro atoms. The van der Waals surface area contributed by atoms with E-state index in [1.54, 1.807) is 30.3 Å². The van der Waals surface area contributed by atoms with Crippen molar-refractivity contribution in [3.8, 4) is 0 Å². The van der Waals surface area contributed by atoms with Crippen molar-refractivity contribution < 1.29 is 14.7 Å². The highest BCUT2D eigenvalue weighted by molar-refractivity contribution is 6.30. The molecule has 1 aromatic carbocycles. The number of hydrogen-bond acceptors (Lipinski definition) is 3. The first kappa shape index (κ1) is 17.0. The molecule has 0 saturated carbocycles. The Bertz CT molecular complexity index is 695. The first-order valence-electron chi connectivity index (χ1n) is 7.17. The molecule has 6 nitrogen and oxygen atoms in total. The number of carboxylic acids is 1. The molecule has 2 N–H and O–H groups in total. The van der Waals surface area contributed by atoms with Gasteiger partial charge in [-0.2, -0.15) is 5.10 Å². The van der Waals surface area contributed by atoms with Crippen molar-refractivity contribution in [3.63, 3.8) is 0 Å². The van der Waals surface area contributed by atoms with Crippen molar-refractivity contribution in [2.45, 2.75) is 26.3 Å². The van der Waals surface area contributed by atoms with E-state index < -0.39 is 18.4 Å². The molecule has 1 amide bonds. The van der Waals surface area contributed by atoms with E-state index in [-0.39, 0.29) is 18.2 Å². The van der Waals surface area contributed by atoms with Gasteiger partial charge in [-0.1, -0.05) is 37.6 Å². The number of nitrogens with one attached hydrogen (secondary N) is 1. The standard InChI is InChI=1S/C16H18ClN3O3/c1-10(2)13-7-14(19-18-13)16(23)20(9-15(21)22)8-11-3-5-12(17)6-4-11/h3-7,10H,8-9H2,1-2H3,(H,18,19)(H,21,22). The van der Waals surface area contributed by atoms with Crippen LogP contribution in [-0.2, 0) is 11.3 Å². The normalized spacial score (nSPS) is 10.8. The first-order valence-corrected chi connectivity index (χ1v) is 7.55. The van der Waals surface area contributed by atoms with Crippen molar-refractivity contribution in [1.29, 1.82) is 0 Å². The van der Waals surface area contributed by atoms with Gasteiger partial charge in [-0.25, -0.2) is 0 Å². The molecule has 23 heavy (non-hydrogen) atoms. The number of benzene rings is 1. The summed E-state index contributed by atoms with van der Waals surface area (Å²) in [5.41, 5.74) is 1.84. The molecule has 0 aliphatic heterocycles. The molecule has 2 rings (SSSR count).